The zero-order valence-corrected chi connectivity index (χ0v) is 13.9. The normalized spacial score (nSPS) is 18.8. The van der Waals surface area contributed by atoms with Crippen molar-refractivity contribution in [3.05, 3.63) is 54.6 Å². The van der Waals surface area contributed by atoms with Gasteiger partial charge in [0.2, 0.25) is 6.10 Å². The molecule has 1 heterocycles. The fourth-order valence-corrected chi connectivity index (χ4v) is 2.67. The number of nitrogens with zero attached hydrogens (tertiary/aromatic N) is 1. The molecule has 0 spiro atoms. The van der Waals surface area contributed by atoms with E-state index in [1.807, 2.05) is 68.6 Å². The predicted octanol–water partition coefficient (Wildman–Crippen LogP) is 2.47. The van der Waals surface area contributed by atoms with Crippen molar-refractivity contribution in [2.75, 3.05) is 25.0 Å². The van der Waals surface area contributed by atoms with Crippen molar-refractivity contribution in [2.45, 2.75) is 19.1 Å². The van der Waals surface area contributed by atoms with E-state index in [1.165, 1.54) is 0 Å². The highest BCUT2D eigenvalue weighted by Crippen LogP contribution is 2.33. The van der Waals surface area contributed by atoms with Gasteiger partial charge in [0, 0.05) is 25.8 Å². The molecule has 126 valence electrons. The molecule has 2 atom stereocenters. The molecule has 0 saturated heterocycles. The number of hydrogen-bond donors (Lipinski definition) is 1. The van der Waals surface area contributed by atoms with Crippen molar-refractivity contribution in [1.82, 2.24) is 5.32 Å². The van der Waals surface area contributed by atoms with Crippen LogP contribution in [0.2, 0.25) is 0 Å². The summed E-state index contributed by atoms with van der Waals surface area (Å²) >= 11 is 0. The highest BCUT2D eigenvalue weighted by molar-refractivity contribution is 5.82. The third kappa shape index (κ3) is 3.62. The number of para-hydroxylation sites is 3. The van der Waals surface area contributed by atoms with E-state index in [-0.39, 0.29) is 12.0 Å². The maximum absolute atomic E-state index is 12.4. The molecule has 5 nitrogen and oxygen atoms in total. The Morgan fingerprint density at radius 2 is 1.67 bits per heavy atom. The van der Waals surface area contributed by atoms with Crippen molar-refractivity contribution in [1.29, 1.82) is 0 Å². The van der Waals surface area contributed by atoms with Crippen LogP contribution in [0.5, 0.6) is 11.5 Å². The molecule has 0 fully saturated rings. The van der Waals surface area contributed by atoms with Crippen molar-refractivity contribution < 1.29 is 14.3 Å². The van der Waals surface area contributed by atoms with E-state index in [0.29, 0.717) is 24.6 Å². The van der Waals surface area contributed by atoms with Crippen LogP contribution < -0.4 is 19.7 Å². The molecule has 0 aliphatic carbocycles. The van der Waals surface area contributed by atoms with Gasteiger partial charge >= 0.3 is 0 Å². The van der Waals surface area contributed by atoms with E-state index < -0.39 is 6.10 Å². The van der Waals surface area contributed by atoms with E-state index in [0.717, 1.165) is 5.69 Å². The first-order valence-electron chi connectivity index (χ1n) is 8.11. The summed E-state index contributed by atoms with van der Waals surface area (Å²) in [6.45, 7) is 3.10. The van der Waals surface area contributed by atoms with Crippen LogP contribution in [0.25, 0.3) is 0 Å². The molecular weight excluding hydrogens is 304 g/mol. The SMILES string of the molecule is C[C@@H]1Oc2ccccc2O[C@H]1C(=O)NCCN(C)c1ccccc1. The third-order valence-electron chi connectivity index (χ3n) is 4.04. The fourth-order valence-electron chi connectivity index (χ4n) is 2.67. The van der Waals surface area contributed by atoms with Gasteiger partial charge in [-0.25, -0.2) is 0 Å². The number of anilines is 1. The van der Waals surface area contributed by atoms with Gasteiger partial charge in [-0.3, -0.25) is 4.79 Å². The molecule has 1 amide bonds. The van der Waals surface area contributed by atoms with Crippen LogP contribution in [-0.2, 0) is 4.79 Å². The minimum absolute atomic E-state index is 0.154. The Labute approximate surface area is 142 Å². The molecule has 0 saturated carbocycles. The second kappa shape index (κ2) is 7.25. The number of benzene rings is 2. The maximum Gasteiger partial charge on any atom is 0.265 e. The van der Waals surface area contributed by atoms with Crippen molar-refractivity contribution >= 4 is 11.6 Å². The van der Waals surface area contributed by atoms with Gasteiger partial charge in [0.25, 0.3) is 5.91 Å². The summed E-state index contributed by atoms with van der Waals surface area (Å²) in [6, 6.07) is 17.5. The quantitative estimate of drug-likeness (QED) is 0.917. The van der Waals surface area contributed by atoms with Gasteiger partial charge in [0.05, 0.1) is 0 Å². The standard InChI is InChI=1S/C19H22N2O3/c1-14-18(24-17-11-7-6-10-16(17)23-14)19(22)20-12-13-21(2)15-8-4-3-5-9-15/h3-11,14,18H,12-13H2,1-2H3,(H,20,22)/t14-,18+/m0/s1. The Bertz CT molecular complexity index is 690. The summed E-state index contributed by atoms with van der Waals surface area (Å²) in [5, 5.41) is 2.93. The highest BCUT2D eigenvalue weighted by atomic mass is 16.6. The van der Waals surface area contributed by atoms with E-state index in [9.17, 15) is 4.79 Å². The lowest BCUT2D eigenvalue weighted by Gasteiger charge is -2.31. The van der Waals surface area contributed by atoms with Crippen molar-refractivity contribution in [2.24, 2.45) is 0 Å². The number of carbonyl (C=O) groups is 1. The Morgan fingerprint density at radius 3 is 2.38 bits per heavy atom. The van der Waals surface area contributed by atoms with E-state index >= 15 is 0 Å². The van der Waals surface area contributed by atoms with Crippen LogP contribution in [0, 0.1) is 0 Å². The van der Waals surface area contributed by atoms with E-state index in [1.54, 1.807) is 0 Å². The van der Waals surface area contributed by atoms with Gasteiger partial charge in [0.1, 0.15) is 6.10 Å². The average molecular weight is 326 g/mol. The minimum Gasteiger partial charge on any atom is -0.482 e. The van der Waals surface area contributed by atoms with Crippen LogP contribution in [0.3, 0.4) is 0 Å². The molecule has 1 N–H and O–H groups in total. The smallest absolute Gasteiger partial charge is 0.265 e. The molecule has 2 aromatic rings. The first-order chi connectivity index (χ1) is 11.6. The molecule has 0 radical (unpaired) electrons. The second-order valence-electron chi connectivity index (χ2n) is 5.86. The molecule has 1 aliphatic rings. The Hall–Kier alpha value is -2.69. The summed E-state index contributed by atoms with van der Waals surface area (Å²) < 4.78 is 11.6. The lowest BCUT2D eigenvalue weighted by molar-refractivity contribution is -0.133. The molecular formula is C19H22N2O3. The fraction of sp³-hybridized carbons (Fsp3) is 0.316. The van der Waals surface area contributed by atoms with Crippen LogP contribution in [0.4, 0.5) is 5.69 Å². The number of carbonyl (C=O) groups excluding carboxylic acids is 1. The molecule has 24 heavy (non-hydrogen) atoms. The minimum atomic E-state index is -0.637. The number of rotatable bonds is 5. The number of nitrogens with one attached hydrogen (secondary N) is 1. The van der Waals surface area contributed by atoms with Gasteiger partial charge in [-0.1, -0.05) is 30.3 Å². The average Bonchev–Trinajstić information content (AvgIpc) is 2.61. The summed E-state index contributed by atoms with van der Waals surface area (Å²) in [6.07, 6.45) is -0.964. The number of ether oxygens (including phenoxy) is 2. The Kier molecular flexibility index (Phi) is 4.89. The van der Waals surface area contributed by atoms with Gasteiger partial charge < -0.3 is 19.7 Å². The van der Waals surface area contributed by atoms with E-state index in [4.69, 9.17) is 9.47 Å². The number of hydrogen-bond acceptors (Lipinski definition) is 4. The van der Waals surface area contributed by atoms with Crippen LogP contribution >= 0.6 is 0 Å². The zero-order valence-electron chi connectivity index (χ0n) is 13.9. The molecule has 0 bridgehead atoms. The summed E-state index contributed by atoms with van der Waals surface area (Å²) in [5.41, 5.74) is 1.12. The molecule has 5 heteroatoms. The summed E-state index contributed by atoms with van der Waals surface area (Å²) in [4.78, 5) is 14.5. The van der Waals surface area contributed by atoms with Crippen molar-refractivity contribution in [3.63, 3.8) is 0 Å². The molecule has 0 unspecified atom stereocenters. The first kappa shape index (κ1) is 16.2. The monoisotopic (exact) mass is 326 g/mol. The maximum atomic E-state index is 12.4. The number of likely N-dealkylation sites (N-methyl/N-ethyl adjacent to an activating group) is 1. The van der Waals surface area contributed by atoms with Gasteiger partial charge in [-0.05, 0) is 31.2 Å². The van der Waals surface area contributed by atoms with Gasteiger partial charge in [-0.2, -0.15) is 0 Å². The third-order valence-corrected chi connectivity index (χ3v) is 4.04. The van der Waals surface area contributed by atoms with E-state index in [2.05, 4.69) is 10.2 Å². The largest absolute Gasteiger partial charge is 0.482 e. The second-order valence-corrected chi connectivity index (χ2v) is 5.86. The number of amides is 1. The lowest BCUT2D eigenvalue weighted by atomic mass is 10.1. The molecule has 2 aromatic carbocycles. The summed E-state index contributed by atoms with van der Waals surface area (Å²) in [7, 11) is 2.00. The highest BCUT2D eigenvalue weighted by Gasteiger charge is 2.33. The van der Waals surface area contributed by atoms with Crippen LogP contribution in [0.1, 0.15) is 6.92 Å². The van der Waals surface area contributed by atoms with Crippen LogP contribution in [-0.4, -0.2) is 38.3 Å². The number of fused-ring (bicyclic) bond motifs is 1. The molecule has 3 rings (SSSR count). The van der Waals surface area contributed by atoms with Gasteiger partial charge in [0.15, 0.2) is 11.5 Å². The summed E-state index contributed by atoms with van der Waals surface area (Å²) in [5.74, 6) is 1.13. The Morgan fingerprint density at radius 1 is 1.04 bits per heavy atom. The van der Waals surface area contributed by atoms with Gasteiger partial charge in [-0.15, -0.1) is 0 Å². The molecule has 0 aromatic heterocycles. The predicted molar refractivity (Wildman–Crippen MR) is 93.7 cm³/mol. The van der Waals surface area contributed by atoms with Crippen molar-refractivity contribution in [3.8, 4) is 11.5 Å². The van der Waals surface area contributed by atoms with Crippen LogP contribution in [0.15, 0.2) is 54.6 Å². The lowest BCUT2D eigenvalue weighted by Crippen LogP contribution is -2.50. The first-order valence-corrected chi connectivity index (χ1v) is 8.11. The topological polar surface area (TPSA) is 50.8 Å². The Balaban J connectivity index is 1.52. The molecule has 1 aliphatic heterocycles. The zero-order chi connectivity index (χ0) is 16.9.